The number of allylic oxidation sites excluding steroid dienone is 2. The standard InChI is InChI=1S/C62H111N11O12.C9H13N3O3.C8H12N4O5/c1-25-27-28-40(15)52(75)51-56(79)65-43(26-2)58(81)67(18)33-48(74)68(19)44(29-34(3)4)55(78)66-49(38(11)12)61(84)69(20)45(30-35(5)6)54(77)63-41(16)53(76)64-42(17)57(80)70(21)46(31-36(7)8)59(82)71(22)47(32-37(9)10)60(83)72(23)50(39(13)14)62(85)73(51)24;10-7-3-4-12(9(14)11-7)8-2-1-6(5-13)15-8;9-6(16)7-10-2-12(11-7)8-5(15)4(14)3(1-13)17-8/h25,27,34-47,49-52,75H,26,28-33H2,1-24H3,(H,63,77)(H,64,76)(H,65,79)(H,66,78);3-4,6,8,13H,1-2,5H2,(H2,10,11,14);2-5,8,13-15H,1H2,(H2,9,16)/b27-25+;;/t40-,41+,42-,43+,44+,45+,46+,47+,49+,50+,51+,52-;6-,8+;3-,4-,5-,8-/m101/s1. The molecular weight excluding hydrogens is 1520 g/mol. The lowest BCUT2D eigenvalue weighted by molar-refractivity contribution is -0.157. The summed E-state index contributed by atoms with van der Waals surface area (Å²) in [5.74, 6) is -10.5. The lowest BCUT2D eigenvalue weighted by Gasteiger charge is -2.41. The molecule has 38 heteroatoms. The van der Waals surface area contributed by atoms with Crippen molar-refractivity contribution in [2.45, 2.75) is 272 Å². The topological polar surface area (TPSA) is 513 Å². The number of nitrogens with one attached hydrogen (secondary N) is 4. The van der Waals surface area contributed by atoms with Gasteiger partial charge in [-0.1, -0.05) is 109 Å². The van der Waals surface area contributed by atoms with Crippen LogP contribution in [0.3, 0.4) is 0 Å². The molecule has 2 aromatic heterocycles. The predicted octanol–water partition coefficient (Wildman–Crippen LogP) is -0.247. The number of aromatic nitrogens is 5. The number of hydrogen-bond acceptors (Lipinski definition) is 24. The highest BCUT2D eigenvalue weighted by Gasteiger charge is 2.48. The molecule has 18 atom stereocenters. The first-order chi connectivity index (χ1) is 54.5. The van der Waals surface area contributed by atoms with Gasteiger partial charge in [0.1, 0.15) is 97.1 Å². The number of aliphatic hydroxyl groups excluding tert-OH is 5. The fraction of sp³-hybridized carbons (Fsp3) is 0.747. The van der Waals surface area contributed by atoms with Crippen LogP contribution in [-0.4, -0.2) is 315 Å². The predicted molar refractivity (Wildman–Crippen MR) is 433 cm³/mol. The van der Waals surface area contributed by atoms with Crippen molar-refractivity contribution in [3.05, 3.63) is 47.1 Å². The van der Waals surface area contributed by atoms with E-state index in [2.05, 4.69) is 36.3 Å². The Kier molecular flexibility index (Phi) is 40.9. The van der Waals surface area contributed by atoms with Gasteiger partial charge in [-0.15, -0.1) is 5.10 Å². The van der Waals surface area contributed by atoms with Crippen LogP contribution in [0.25, 0.3) is 0 Å². The third-order valence-electron chi connectivity index (χ3n) is 21.0. The van der Waals surface area contributed by atoms with E-state index < -0.39 is 199 Å². The summed E-state index contributed by atoms with van der Waals surface area (Å²) in [4.78, 5) is 198. The number of carbonyl (C=O) groups excluding carboxylic acids is 12. The first kappa shape index (κ1) is 102. The summed E-state index contributed by atoms with van der Waals surface area (Å²) in [7, 11) is 9.92. The minimum atomic E-state index is -1.61. The quantitative estimate of drug-likeness (QED) is 0.0762. The largest absolute Gasteiger partial charge is 0.394 e. The Morgan fingerprint density at radius 2 is 1.09 bits per heavy atom. The number of carbonyl (C=O) groups is 12. The van der Waals surface area contributed by atoms with Crippen molar-refractivity contribution in [3.63, 3.8) is 0 Å². The number of aliphatic hydroxyl groups is 5. The highest BCUT2D eigenvalue weighted by Crippen LogP contribution is 2.31. The number of nitrogen functional groups attached to an aromatic ring is 1. The van der Waals surface area contributed by atoms with Crippen molar-refractivity contribution in [1.29, 1.82) is 0 Å². The minimum Gasteiger partial charge on any atom is -0.394 e. The molecule has 12 amide bonds. The average Bonchev–Trinajstić information content (AvgIpc) is 0.903. The van der Waals surface area contributed by atoms with Gasteiger partial charge in [-0.25, -0.2) is 14.5 Å². The lowest BCUT2D eigenvalue weighted by atomic mass is 9.91. The lowest BCUT2D eigenvalue weighted by Crippen LogP contribution is -2.63. The van der Waals surface area contributed by atoms with Crippen molar-refractivity contribution in [1.82, 2.24) is 79.9 Å². The van der Waals surface area contributed by atoms with Crippen molar-refractivity contribution >= 4 is 76.7 Å². The van der Waals surface area contributed by atoms with E-state index in [1.807, 2.05) is 61.5 Å². The van der Waals surface area contributed by atoms with E-state index in [9.17, 15) is 68.1 Å². The van der Waals surface area contributed by atoms with E-state index in [-0.39, 0.29) is 86.4 Å². The molecule has 662 valence electrons. The molecule has 13 N–H and O–H groups in total. The number of nitrogens with zero attached hydrogens (tertiary/aromatic N) is 12. The van der Waals surface area contributed by atoms with Gasteiger partial charge in [-0.3, -0.25) is 62.1 Å². The van der Waals surface area contributed by atoms with Crippen molar-refractivity contribution in [2.75, 3.05) is 74.8 Å². The van der Waals surface area contributed by atoms with Crippen molar-refractivity contribution < 1.29 is 92.5 Å². The molecule has 3 aliphatic heterocycles. The Hall–Kier alpha value is -9.08. The zero-order valence-corrected chi connectivity index (χ0v) is 72.9. The Bertz CT molecular complexity index is 3740. The molecule has 117 heavy (non-hydrogen) atoms. The first-order valence-corrected chi connectivity index (χ1v) is 40.3. The van der Waals surface area contributed by atoms with Crippen LogP contribution in [0, 0.1) is 41.4 Å². The molecule has 0 bridgehead atoms. The molecule has 0 saturated carbocycles. The van der Waals surface area contributed by atoms with Crippen molar-refractivity contribution in [3.8, 4) is 0 Å². The summed E-state index contributed by atoms with van der Waals surface area (Å²) in [6, 6.07) is -10.8. The Labute approximate surface area is 687 Å². The maximum atomic E-state index is 15.1. The van der Waals surface area contributed by atoms with Crippen LogP contribution >= 0.6 is 0 Å². The van der Waals surface area contributed by atoms with Crippen LogP contribution in [0.2, 0.25) is 0 Å². The smallest absolute Gasteiger partial charge is 0.351 e. The maximum Gasteiger partial charge on any atom is 0.351 e. The molecule has 5 heterocycles. The SMILES string of the molecule is C/C=C/C[C@@H](C)[C@@H](O)[C@H]1C(=O)N[C@@H](CC)C(=O)N(C)CC(=O)N(C)[C@@H](CC(C)C)C(=O)N[C@@H](C(C)C)C(=O)N(C)[C@@H](CC(C)C)C(=O)N[C@@H](C)C(=O)N[C@H](C)C(=O)N(C)[C@@H](CC(C)C)C(=O)N(C)[C@@H](CC(C)C)C(=O)N(C)[C@@H](C(C)C)C(=O)N1C.NC(=O)c1ncn([C@@H]2O[C@H](CO)[C@@H](O)[C@H]2O)n1.Nc1ccn([C@H]2CC[C@@H](CO)O2)c(=O)n1. The maximum absolute atomic E-state index is 15.1. The fourth-order valence-corrected chi connectivity index (χ4v) is 14.0. The van der Waals surface area contributed by atoms with E-state index in [4.69, 9.17) is 31.2 Å². The van der Waals surface area contributed by atoms with Crippen molar-refractivity contribution in [2.24, 2.45) is 47.2 Å². The number of likely N-dealkylation sites (N-methyl/N-ethyl adjacent to an activating group) is 7. The summed E-state index contributed by atoms with van der Waals surface area (Å²) < 4.78 is 13.1. The number of primary amides is 1. The summed E-state index contributed by atoms with van der Waals surface area (Å²) >= 11 is 0. The van der Waals surface area contributed by atoms with Gasteiger partial charge in [0.2, 0.25) is 70.8 Å². The zero-order chi connectivity index (χ0) is 89.4. The van der Waals surface area contributed by atoms with Crippen LogP contribution < -0.4 is 38.4 Å². The highest BCUT2D eigenvalue weighted by molar-refractivity contribution is 6.00. The molecule has 0 aliphatic carbocycles. The molecule has 0 unspecified atom stereocenters. The number of ether oxygens (including phenoxy) is 2. The summed E-state index contributed by atoms with van der Waals surface area (Å²) in [5, 5.41) is 63.7. The van der Waals surface area contributed by atoms with Crippen LogP contribution in [0.4, 0.5) is 5.82 Å². The molecule has 3 aliphatic rings. The summed E-state index contributed by atoms with van der Waals surface area (Å²) in [5.41, 5.74) is 9.93. The van der Waals surface area contributed by atoms with E-state index in [0.717, 1.165) is 27.2 Å². The fourth-order valence-electron chi connectivity index (χ4n) is 14.0. The molecule has 0 radical (unpaired) electrons. The van der Waals surface area contributed by atoms with Gasteiger partial charge in [0, 0.05) is 55.5 Å². The molecule has 0 aromatic carbocycles. The molecule has 5 rings (SSSR count). The molecule has 38 nitrogen and oxygen atoms in total. The summed E-state index contributed by atoms with van der Waals surface area (Å²) in [6.07, 6.45) is 2.29. The molecular formula is C79H136N18O20. The van der Waals surface area contributed by atoms with Gasteiger partial charge < -0.3 is 102 Å². The Balaban J connectivity index is 0.000000890. The van der Waals surface area contributed by atoms with Crippen LogP contribution in [0.5, 0.6) is 0 Å². The molecule has 3 fully saturated rings. The van der Waals surface area contributed by atoms with Gasteiger partial charge >= 0.3 is 5.69 Å². The van der Waals surface area contributed by atoms with Gasteiger partial charge in [0.25, 0.3) is 5.91 Å². The Morgan fingerprint density at radius 1 is 0.590 bits per heavy atom. The monoisotopic (exact) mass is 1660 g/mol. The first-order valence-electron chi connectivity index (χ1n) is 40.3. The van der Waals surface area contributed by atoms with Gasteiger partial charge in [0.15, 0.2) is 6.23 Å². The van der Waals surface area contributed by atoms with Crippen LogP contribution in [-0.2, 0) is 62.2 Å². The third-order valence-corrected chi connectivity index (χ3v) is 21.0. The van der Waals surface area contributed by atoms with Gasteiger partial charge in [0.05, 0.1) is 32.0 Å². The second-order valence-electron chi connectivity index (χ2n) is 33.2. The molecule has 0 spiro atoms. The van der Waals surface area contributed by atoms with Crippen LogP contribution in [0.15, 0.2) is 35.5 Å². The highest BCUT2D eigenvalue weighted by atomic mass is 16.6. The average molecular weight is 1660 g/mol. The number of anilines is 1. The minimum absolute atomic E-state index is 0.0202. The summed E-state index contributed by atoms with van der Waals surface area (Å²) in [6.45, 7) is 28.9. The molecule has 3 saturated heterocycles. The number of amides is 12. The van der Waals surface area contributed by atoms with Gasteiger partial charge in [-0.05, 0) is 120 Å². The third kappa shape index (κ3) is 28.3. The normalized spacial score (nSPS) is 27.6. The second-order valence-corrected chi connectivity index (χ2v) is 33.2. The number of nitrogens with two attached hydrogens (primary N) is 2. The molecule has 2 aromatic rings. The van der Waals surface area contributed by atoms with E-state index in [0.29, 0.717) is 12.8 Å². The number of hydrogen-bond donors (Lipinski definition) is 11. The van der Waals surface area contributed by atoms with E-state index in [1.54, 1.807) is 66.8 Å². The zero-order valence-electron chi connectivity index (χ0n) is 72.9. The van der Waals surface area contributed by atoms with E-state index >= 15 is 9.59 Å². The Morgan fingerprint density at radius 3 is 1.56 bits per heavy atom. The van der Waals surface area contributed by atoms with Gasteiger partial charge in [-0.2, -0.15) is 4.98 Å². The van der Waals surface area contributed by atoms with E-state index in [1.165, 1.54) is 92.2 Å². The van der Waals surface area contributed by atoms with Crippen LogP contribution in [0.1, 0.15) is 192 Å². The number of rotatable bonds is 20. The second kappa shape index (κ2) is 46.9.